The molecule has 0 unspecified atom stereocenters. The molecule has 20 heavy (non-hydrogen) atoms. The van der Waals surface area contributed by atoms with Crippen LogP contribution in [0.1, 0.15) is 19.4 Å². The monoisotopic (exact) mass is 340 g/mol. The van der Waals surface area contributed by atoms with Crippen LogP contribution in [-0.2, 0) is 29.3 Å². The number of benzene rings is 1. The zero-order chi connectivity index (χ0) is 13.8. The van der Waals surface area contributed by atoms with Gasteiger partial charge in [-0.15, -0.1) is 0 Å². The summed E-state index contributed by atoms with van der Waals surface area (Å²) in [5.74, 6) is 0.0191. The molecule has 0 saturated heterocycles. The standard InChI is InChI=1S/C13H16N4OS.Cu/c1-3-17(4-2)13(19)16-15-11-9-7-5-6-8-10(9)14-12(11)18;/h5-8H,3-4H2,1-2H3,(H2,14,15,16,18,19);/q;+2/p+1. The number of nitrogens with one attached hydrogen (secondary N) is 1. The van der Waals surface area contributed by atoms with Gasteiger partial charge in [-0.2, -0.15) is 0 Å². The third-order valence-electron chi connectivity index (χ3n) is 2.95. The van der Waals surface area contributed by atoms with Crippen LogP contribution in [-0.4, -0.2) is 39.5 Å². The third kappa shape index (κ3) is 3.43. The van der Waals surface area contributed by atoms with E-state index in [-0.39, 0.29) is 23.0 Å². The van der Waals surface area contributed by atoms with Gasteiger partial charge < -0.3 is 10.5 Å². The third-order valence-corrected chi connectivity index (χ3v) is 3.32. The Balaban J connectivity index is 0.00000200. The van der Waals surface area contributed by atoms with E-state index in [0.717, 1.165) is 24.3 Å². The topological polar surface area (TPSA) is 63.1 Å². The number of hydrogen-bond acceptors (Lipinski definition) is 1. The first-order valence-electron chi connectivity index (χ1n) is 6.19. The maximum atomic E-state index is 9.84. The van der Waals surface area contributed by atoms with Crippen LogP contribution < -0.4 is 5.32 Å². The molecule has 7 heteroatoms. The van der Waals surface area contributed by atoms with Crippen LogP contribution in [0.15, 0.2) is 29.4 Å². The predicted octanol–water partition coefficient (Wildman–Crippen LogP) is 1.40. The van der Waals surface area contributed by atoms with E-state index in [9.17, 15) is 4.79 Å². The molecule has 1 aliphatic heterocycles. The van der Waals surface area contributed by atoms with Crippen molar-refractivity contribution >= 4 is 34.6 Å². The molecule has 0 bridgehead atoms. The first kappa shape index (κ1) is 16.8. The molecule has 2 N–H and O–H groups in total. The summed E-state index contributed by atoms with van der Waals surface area (Å²) in [5.41, 5.74) is 6.18. The Morgan fingerprint density at radius 3 is 2.65 bits per heavy atom. The van der Waals surface area contributed by atoms with Crippen LogP contribution in [0.25, 0.3) is 5.43 Å². The Bertz CT molecular complexity index is 543. The fourth-order valence-corrected chi connectivity index (χ4v) is 2.21. The molecule has 1 aromatic rings. The summed E-state index contributed by atoms with van der Waals surface area (Å²) in [4.78, 5) is 11.8. The number of amides is 1. The second-order valence-electron chi connectivity index (χ2n) is 4.04. The molecule has 2 rings (SSSR count). The Morgan fingerprint density at radius 1 is 1.35 bits per heavy atom. The minimum Gasteiger partial charge on any atom is -0.514 e. The molecular formula is C13H17CuN4OS+3. The van der Waals surface area contributed by atoms with Crippen molar-refractivity contribution in [2.45, 2.75) is 13.8 Å². The van der Waals surface area contributed by atoms with E-state index >= 15 is 0 Å². The van der Waals surface area contributed by atoms with Crippen LogP contribution in [0.4, 0.5) is 5.69 Å². The number of nitrogens with zero attached hydrogens (tertiary/aromatic N) is 3. The second-order valence-corrected chi connectivity index (χ2v) is 4.44. The van der Waals surface area contributed by atoms with Crippen LogP contribution in [0.5, 0.6) is 0 Å². The van der Waals surface area contributed by atoms with Crippen molar-refractivity contribution in [1.29, 1.82) is 0 Å². The Kier molecular flexibility index (Phi) is 6.29. The normalized spacial score (nSPS) is 14.8. The van der Waals surface area contributed by atoms with Crippen LogP contribution in [0.3, 0.4) is 0 Å². The van der Waals surface area contributed by atoms with Gasteiger partial charge in [0.25, 0.3) is 0 Å². The first-order chi connectivity index (χ1) is 9.17. The van der Waals surface area contributed by atoms with E-state index in [0.29, 0.717) is 10.8 Å². The molecule has 1 heterocycles. The summed E-state index contributed by atoms with van der Waals surface area (Å²) in [6, 6.07) is 7.55. The van der Waals surface area contributed by atoms with Gasteiger partial charge in [0.05, 0.1) is 5.69 Å². The largest absolute Gasteiger partial charge is 2.00 e. The summed E-state index contributed by atoms with van der Waals surface area (Å²) in [5, 5.41) is 7.50. The minimum atomic E-state index is 0. The molecule has 1 amide bonds. The van der Waals surface area contributed by atoms with E-state index in [1.807, 2.05) is 43.0 Å². The number of para-hydroxylation sites is 1. The van der Waals surface area contributed by atoms with E-state index in [4.69, 9.17) is 0 Å². The molecule has 0 saturated carbocycles. The maximum Gasteiger partial charge on any atom is 2.00 e. The molecule has 1 aromatic carbocycles. The van der Waals surface area contributed by atoms with Gasteiger partial charge >= 0.3 is 23.0 Å². The number of hydrogen-bond donors (Lipinski definition) is 1. The maximum absolute atomic E-state index is 9.84. The van der Waals surface area contributed by atoms with Crippen LogP contribution in [0, 0.1) is 0 Å². The summed E-state index contributed by atoms with van der Waals surface area (Å²) in [6.45, 7) is 5.68. The minimum absolute atomic E-state index is 0. The van der Waals surface area contributed by atoms with Gasteiger partial charge in [-0.25, -0.2) is 4.90 Å². The number of anilines is 1. The van der Waals surface area contributed by atoms with Crippen molar-refractivity contribution in [3.8, 4) is 0 Å². The summed E-state index contributed by atoms with van der Waals surface area (Å²) in [7, 11) is 0. The second kappa shape index (κ2) is 7.50. The van der Waals surface area contributed by atoms with E-state index in [1.165, 1.54) is 0 Å². The molecular weight excluding hydrogens is 324 g/mol. The van der Waals surface area contributed by atoms with Crippen LogP contribution >= 0.6 is 0 Å². The van der Waals surface area contributed by atoms with Crippen molar-refractivity contribution < 1.29 is 21.9 Å². The van der Waals surface area contributed by atoms with Crippen molar-refractivity contribution in [2.24, 2.45) is 5.10 Å². The van der Waals surface area contributed by atoms with Gasteiger partial charge in [0.15, 0.2) is 23.0 Å². The molecule has 0 spiro atoms. The molecule has 0 atom stereocenters. The van der Waals surface area contributed by atoms with E-state index < -0.39 is 0 Å². The van der Waals surface area contributed by atoms with Crippen molar-refractivity contribution in [3.63, 3.8) is 0 Å². The molecule has 1 aliphatic rings. The van der Waals surface area contributed by atoms with E-state index in [2.05, 4.69) is 28.1 Å². The van der Waals surface area contributed by atoms with Crippen LogP contribution in [0.2, 0.25) is 0 Å². The van der Waals surface area contributed by atoms with Gasteiger partial charge in [0.1, 0.15) is 0 Å². The van der Waals surface area contributed by atoms with E-state index in [1.54, 1.807) is 0 Å². The quantitative estimate of drug-likeness (QED) is 0.292. The average molecular weight is 341 g/mol. The molecule has 109 valence electrons. The van der Waals surface area contributed by atoms with Gasteiger partial charge in [-0.3, -0.25) is 10.1 Å². The van der Waals surface area contributed by atoms with Crippen molar-refractivity contribution in [3.05, 3.63) is 35.3 Å². The SMILES string of the molecule is CCN(CC)C(=[SH+])[N-]N=C1C(=[OH+])Nc2ccccc21.[Cu+2]. The zero-order valence-electron chi connectivity index (χ0n) is 11.3. The first-order valence-corrected chi connectivity index (χ1v) is 6.64. The fraction of sp³-hybridized carbons (Fsp3) is 0.308. The smallest absolute Gasteiger partial charge is 0.514 e. The van der Waals surface area contributed by atoms with Crippen molar-refractivity contribution in [1.82, 2.24) is 4.90 Å². The summed E-state index contributed by atoms with van der Waals surface area (Å²) >= 11 is 4.32. The summed E-state index contributed by atoms with van der Waals surface area (Å²) < 4.78 is 0. The number of fused-ring (bicyclic) bond motifs is 1. The van der Waals surface area contributed by atoms with Gasteiger partial charge in [0, 0.05) is 18.7 Å². The fourth-order valence-electron chi connectivity index (χ4n) is 1.88. The average Bonchev–Trinajstić information content (AvgIpc) is 2.73. The molecule has 1 radical (unpaired) electrons. The van der Waals surface area contributed by atoms with Gasteiger partial charge in [-0.1, -0.05) is 32.0 Å². The molecule has 5 nitrogen and oxygen atoms in total. The number of thiol groups is 1. The molecule has 0 aliphatic carbocycles. The summed E-state index contributed by atoms with van der Waals surface area (Å²) in [6.07, 6.45) is 0. The number of carbonyl (C=O) groups excluding carboxylic acids is 1. The molecule has 0 aromatic heterocycles. The number of rotatable bonds is 3. The Labute approximate surface area is 134 Å². The predicted molar refractivity (Wildman–Crippen MR) is 83.6 cm³/mol. The Hall–Kier alpha value is -1.27. The Morgan fingerprint density at radius 2 is 2.00 bits per heavy atom. The van der Waals surface area contributed by atoms with Gasteiger partial charge in [0.2, 0.25) is 0 Å². The zero-order valence-corrected chi connectivity index (χ0v) is 13.1. The molecule has 0 fully saturated rings. The van der Waals surface area contributed by atoms with Gasteiger partial charge in [-0.05, 0) is 6.07 Å². The van der Waals surface area contributed by atoms with Crippen molar-refractivity contribution in [2.75, 3.05) is 18.4 Å².